The minimum absolute atomic E-state index is 0.448. The fourth-order valence-corrected chi connectivity index (χ4v) is 3.42. The lowest BCUT2D eigenvalue weighted by atomic mass is 10.0. The van der Waals surface area contributed by atoms with Gasteiger partial charge in [-0.15, -0.1) is 0 Å². The highest BCUT2D eigenvalue weighted by molar-refractivity contribution is 5.82. The van der Waals surface area contributed by atoms with Crippen LogP contribution in [0.25, 0.3) is 16.6 Å². The molecule has 0 bridgehead atoms. The van der Waals surface area contributed by atoms with Crippen LogP contribution in [0, 0.1) is 12.8 Å². The van der Waals surface area contributed by atoms with E-state index in [0.29, 0.717) is 6.61 Å². The molecule has 3 aromatic rings. The van der Waals surface area contributed by atoms with Crippen molar-refractivity contribution in [2.24, 2.45) is 5.92 Å². The smallest absolute Gasteiger partial charge is 0.249 e. The van der Waals surface area contributed by atoms with Crippen LogP contribution >= 0.6 is 0 Å². The number of para-hydroxylation sites is 1. The molecular formula is C23H23N3O4. The SMILES string of the molecule is Cc1cc(COc2ccc(C3=CC(C(C)C(=O)NO)ON3)cc2)c2ccccc2n1. The number of nitrogens with one attached hydrogen (secondary N) is 2. The van der Waals surface area contributed by atoms with Crippen molar-refractivity contribution in [2.75, 3.05) is 0 Å². The Kier molecular flexibility index (Phi) is 5.65. The molecule has 0 spiro atoms. The predicted molar refractivity (Wildman–Crippen MR) is 112 cm³/mol. The van der Waals surface area contributed by atoms with Crippen LogP contribution in [0.1, 0.15) is 23.7 Å². The number of pyridine rings is 1. The first-order valence-electron chi connectivity index (χ1n) is 9.71. The molecule has 0 radical (unpaired) electrons. The highest BCUT2D eigenvalue weighted by Crippen LogP contribution is 2.25. The normalized spacial score (nSPS) is 16.6. The molecular weight excluding hydrogens is 382 g/mol. The molecule has 0 saturated carbocycles. The number of hydroxylamine groups is 2. The summed E-state index contributed by atoms with van der Waals surface area (Å²) in [5, 5.41) is 9.86. The number of benzene rings is 2. The lowest BCUT2D eigenvalue weighted by Gasteiger charge is -2.13. The largest absolute Gasteiger partial charge is 0.489 e. The van der Waals surface area contributed by atoms with Crippen LogP contribution in [0.5, 0.6) is 5.75 Å². The van der Waals surface area contributed by atoms with Crippen molar-refractivity contribution in [3.05, 3.63) is 77.5 Å². The number of fused-ring (bicyclic) bond motifs is 1. The maximum atomic E-state index is 11.6. The average Bonchev–Trinajstić information content (AvgIpc) is 3.27. The van der Waals surface area contributed by atoms with Gasteiger partial charge in [-0.05, 0) is 55.0 Å². The lowest BCUT2D eigenvalue weighted by Crippen LogP contribution is -2.34. The van der Waals surface area contributed by atoms with Crippen molar-refractivity contribution >= 4 is 22.5 Å². The number of rotatable bonds is 6. The minimum Gasteiger partial charge on any atom is -0.489 e. The van der Waals surface area contributed by atoms with Gasteiger partial charge in [-0.3, -0.25) is 25.3 Å². The van der Waals surface area contributed by atoms with E-state index in [0.717, 1.165) is 39.2 Å². The lowest BCUT2D eigenvalue weighted by molar-refractivity contribution is -0.137. The van der Waals surface area contributed by atoms with Gasteiger partial charge in [0.1, 0.15) is 18.5 Å². The third kappa shape index (κ3) is 4.12. The molecule has 7 heteroatoms. The first-order chi connectivity index (χ1) is 14.5. The van der Waals surface area contributed by atoms with Gasteiger partial charge >= 0.3 is 0 Å². The van der Waals surface area contributed by atoms with Crippen LogP contribution in [0.15, 0.2) is 60.7 Å². The maximum absolute atomic E-state index is 11.6. The summed E-state index contributed by atoms with van der Waals surface area (Å²) < 4.78 is 6.00. The number of amides is 1. The van der Waals surface area contributed by atoms with E-state index in [1.807, 2.05) is 61.5 Å². The van der Waals surface area contributed by atoms with Crippen molar-refractivity contribution < 1.29 is 19.6 Å². The zero-order chi connectivity index (χ0) is 21.1. The van der Waals surface area contributed by atoms with Gasteiger partial charge in [-0.25, -0.2) is 5.48 Å². The van der Waals surface area contributed by atoms with Crippen LogP contribution in [0.4, 0.5) is 0 Å². The van der Waals surface area contributed by atoms with Gasteiger partial charge < -0.3 is 4.74 Å². The van der Waals surface area contributed by atoms with Gasteiger partial charge in [0.05, 0.1) is 17.1 Å². The number of carbonyl (C=O) groups excluding carboxylic acids is 1. The van der Waals surface area contributed by atoms with Crippen molar-refractivity contribution in [2.45, 2.75) is 26.6 Å². The van der Waals surface area contributed by atoms with E-state index in [-0.39, 0.29) is 0 Å². The number of nitrogens with zero attached hydrogens (tertiary/aromatic N) is 1. The number of ether oxygens (including phenoxy) is 1. The van der Waals surface area contributed by atoms with Gasteiger partial charge in [0, 0.05) is 16.6 Å². The second-order valence-electron chi connectivity index (χ2n) is 7.28. The Balaban J connectivity index is 1.45. The molecule has 2 unspecified atom stereocenters. The highest BCUT2D eigenvalue weighted by atomic mass is 16.7. The van der Waals surface area contributed by atoms with Crippen molar-refractivity contribution in [1.82, 2.24) is 15.9 Å². The van der Waals surface area contributed by atoms with E-state index in [4.69, 9.17) is 14.8 Å². The monoisotopic (exact) mass is 405 g/mol. The van der Waals surface area contributed by atoms with Crippen molar-refractivity contribution in [3.8, 4) is 5.75 Å². The zero-order valence-electron chi connectivity index (χ0n) is 16.8. The Morgan fingerprint density at radius 2 is 2.03 bits per heavy atom. The fourth-order valence-electron chi connectivity index (χ4n) is 3.42. The Labute approximate surface area is 174 Å². The summed E-state index contributed by atoms with van der Waals surface area (Å²) in [6.45, 7) is 4.11. The summed E-state index contributed by atoms with van der Waals surface area (Å²) >= 11 is 0. The molecule has 3 N–H and O–H groups in total. The van der Waals surface area contributed by atoms with Crippen LogP contribution in [-0.4, -0.2) is 22.2 Å². The Hall–Kier alpha value is -3.42. The molecule has 0 aliphatic carbocycles. The predicted octanol–water partition coefficient (Wildman–Crippen LogP) is 3.51. The molecule has 1 aromatic heterocycles. The number of hydrogen-bond acceptors (Lipinski definition) is 6. The molecule has 30 heavy (non-hydrogen) atoms. The van der Waals surface area contributed by atoms with Gasteiger partial charge in [-0.1, -0.05) is 25.1 Å². The standard InChI is InChI=1S/C23H23N3O4/c1-14-11-17(19-5-3-4-6-20(19)24-14)13-29-18-9-7-16(8-10-18)21-12-22(30-26-21)15(2)23(27)25-28/h3-12,15,22,26,28H,13H2,1-2H3,(H,25,27). The van der Waals surface area contributed by atoms with Gasteiger partial charge in [-0.2, -0.15) is 0 Å². The van der Waals surface area contributed by atoms with Gasteiger partial charge in [0.25, 0.3) is 0 Å². The molecule has 154 valence electrons. The molecule has 1 aliphatic rings. The minimum atomic E-state index is -0.527. The summed E-state index contributed by atoms with van der Waals surface area (Å²) in [5.41, 5.74) is 9.17. The summed E-state index contributed by atoms with van der Waals surface area (Å²) in [6, 6.07) is 17.7. The van der Waals surface area contributed by atoms with E-state index < -0.39 is 17.9 Å². The average molecular weight is 405 g/mol. The molecule has 4 rings (SSSR count). The van der Waals surface area contributed by atoms with Crippen LogP contribution in [0.2, 0.25) is 0 Å². The third-order valence-corrected chi connectivity index (χ3v) is 5.14. The number of carbonyl (C=O) groups is 1. The van der Waals surface area contributed by atoms with Crippen molar-refractivity contribution in [1.29, 1.82) is 0 Å². The molecule has 0 saturated heterocycles. The maximum Gasteiger partial charge on any atom is 0.249 e. The van der Waals surface area contributed by atoms with Crippen LogP contribution < -0.4 is 15.7 Å². The summed E-state index contributed by atoms with van der Waals surface area (Å²) in [7, 11) is 0. The molecule has 0 fully saturated rings. The first-order valence-corrected chi connectivity index (χ1v) is 9.71. The summed E-state index contributed by atoms with van der Waals surface area (Å²) in [5.74, 6) is -0.274. The topological polar surface area (TPSA) is 92.7 Å². The number of aromatic nitrogens is 1. The van der Waals surface area contributed by atoms with E-state index in [9.17, 15) is 4.79 Å². The van der Waals surface area contributed by atoms with Crippen LogP contribution in [-0.2, 0) is 16.2 Å². The Morgan fingerprint density at radius 3 is 2.80 bits per heavy atom. The van der Waals surface area contributed by atoms with E-state index in [2.05, 4.69) is 16.5 Å². The summed E-state index contributed by atoms with van der Waals surface area (Å²) in [4.78, 5) is 21.6. The molecule has 1 aliphatic heterocycles. The number of hydrogen-bond donors (Lipinski definition) is 3. The van der Waals surface area contributed by atoms with Gasteiger partial charge in [0.2, 0.25) is 5.91 Å². The zero-order valence-corrected chi connectivity index (χ0v) is 16.8. The van der Waals surface area contributed by atoms with E-state index >= 15 is 0 Å². The molecule has 2 aromatic carbocycles. The molecule has 1 amide bonds. The Bertz CT molecular complexity index is 1100. The second-order valence-corrected chi connectivity index (χ2v) is 7.28. The third-order valence-electron chi connectivity index (χ3n) is 5.14. The Morgan fingerprint density at radius 1 is 1.27 bits per heavy atom. The van der Waals surface area contributed by atoms with E-state index in [1.54, 1.807) is 12.4 Å². The quantitative estimate of drug-likeness (QED) is 0.429. The second kappa shape index (κ2) is 8.52. The van der Waals surface area contributed by atoms with Crippen molar-refractivity contribution in [3.63, 3.8) is 0 Å². The molecule has 2 heterocycles. The number of aryl methyl sites for hydroxylation is 1. The first kappa shape index (κ1) is 19.9. The fraction of sp³-hybridized carbons (Fsp3) is 0.217. The van der Waals surface area contributed by atoms with Crippen LogP contribution in [0.3, 0.4) is 0 Å². The van der Waals surface area contributed by atoms with Gasteiger partial charge in [0.15, 0.2) is 0 Å². The molecule has 2 atom stereocenters. The highest BCUT2D eigenvalue weighted by Gasteiger charge is 2.28. The summed E-state index contributed by atoms with van der Waals surface area (Å²) in [6.07, 6.45) is 1.35. The van der Waals surface area contributed by atoms with E-state index in [1.165, 1.54) is 0 Å². The molecule has 7 nitrogen and oxygen atoms in total.